The van der Waals surface area contributed by atoms with E-state index in [4.69, 9.17) is 16.3 Å². The fourth-order valence-corrected chi connectivity index (χ4v) is 1.20. The molecule has 0 saturated carbocycles. The lowest BCUT2D eigenvalue weighted by atomic mass is 10.2. The van der Waals surface area contributed by atoms with Crippen molar-refractivity contribution in [3.63, 3.8) is 0 Å². The highest BCUT2D eigenvalue weighted by Crippen LogP contribution is 2.30. The van der Waals surface area contributed by atoms with Crippen molar-refractivity contribution in [2.24, 2.45) is 0 Å². The minimum absolute atomic E-state index is 0.0878. The molecule has 0 aliphatic carbocycles. The van der Waals surface area contributed by atoms with Crippen LogP contribution in [0.15, 0.2) is 18.2 Å². The van der Waals surface area contributed by atoms with E-state index in [0.29, 0.717) is 5.69 Å². The van der Waals surface area contributed by atoms with Crippen LogP contribution in [0.3, 0.4) is 0 Å². The van der Waals surface area contributed by atoms with Gasteiger partial charge < -0.3 is 9.84 Å². The summed E-state index contributed by atoms with van der Waals surface area (Å²) in [6.45, 7) is 5.28. The first-order chi connectivity index (χ1) is 7.29. The Bertz CT molecular complexity index is 399. The number of nitrogens with one attached hydrogen (secondary N) is 1. The van der Waals surface area contributed by atoms with Crippen molar-refractivity contribution in [1.29, 1.82) is 0 Å². The van der Waals surface area contributed by atoms with Gasteiger partial charge in [-0.15, -0.1) is 0 Å². The predicted octanol–water partition coefficient (Wildman–Crippen LogP) is 3.39. The molecule has 2 N–H and O–H groups in total. The second-order valence-electron chi connectivity index (χ2n) is 4.27. The van der Waals surface area contributed by atoms with Crippen LogP contribution in [0.1, 0.15) is 20.8 Å². The zero-order valence-electron chi connectivity index (χ0n) is 9.37. The lowest BCUT2D eigenvalue weighted by Crippen LogP contribution is -2.27. The summed E-state index contributed by atoms with van der Waals surface area (Å²) in [6.07, 6.45) is -0.611. The van der Waals surface area contributed by atoms with E-state index in [2.05, 4.69) is 5.32 Å². The Morgan fingerprint density at radius 3 is 2.62 bits per heavy atom. The maximum absolute atomic E-state index is 11.4. The first-order valence-corrected chi connectivity index (χ1v) is 5.15. The van der Waals surface area contributed by atoms with E-state index in [1.807, 2.05) is 0 Å². The maximum Gasteiger partial charge on any atom is 0.412 e. The average Bonchev–Trinajstić information content (AvgIpc) is 2.09. The summed E-state index contributed by atoms with van der Waals surface area (Å²) in [6, 6.07) is 4.59. The van der Waals surface area contributed by atoms with Crippen LogP contribution >= 0.6 is 11.6 Å². The number of aromatic hydroxyl groups is 1. The van der Waals surface area contributed by atoms with Gasteiger partial charge in [-0.2, -0.15) is 0 Å². The van der Waals surface area contributed by atoms with E-state index in [1.54, 1.807) is 32.9 Å². The smallest absolute Gasteiger partial charge is 0.412 e. The van der Waals surface area contributed by atoms with E-state index >= 15 is 0 Å². The molecule has 0 radical (unpaired) electrons. The first-order valence-electron chi connectivity index (χ1n) is 4.77. The zero-order valence-corrected chi connectivity index (χ0v) is 10.1. The van der Waals surface area contributed by atoms with Crippen molar-refractivity contribution < 1.29 is 14.6 Å². The summed E-state index contributed by atoms with van der Waals surface area (Å²) in [5.74, 6) is -0.0878. The second kappa shape index (κ2) is 4.61. The lowest BCUT2D eigenvalue weighted by molar-refractivity contribution is 0.0636. The van der Waals surface area contributed by atoms with Crippen molar-refractivity contribution >= 4 is 23.4 Å². The number of rotatable bonds is 1. The van der Waals surface area contributed by atoms with Crippen LogP contribution < -0.4 is 5.32 Å². The number of halogens is 1. The summed E-state index contributed by atoms with van der Waals surface area (Å²) in [7, 11) is 0. The monoisotopic (exact) mass is 243 g/mol. The Labute approximate surface area is 99.2 Å². The number of amides is 1. The predicted molar refractivity (Wildman–Crippen MR) is 63.0 cm³/mol. The molecule has 0 fully saturated rings. The SMILES string of the molecule is CC(C)(C)OC(=O)Nc1cccc(O)c1Cl. The topological polar surface area (TPSA) is 58.6 Å². The molecule has 0 unspecified atom stereocenters. The molecular weight excluding hydrogens is 230 g/mol. The number of phenols is 1. The third-order valence-electron chi connectivity index (χ3n) is 1.61. The highest BCUT2D eigenvalue weighted by Gasteiger charge is 2.17. The van der Waals surface area contributed by atoms with Gasteiger partial charge in [0.15, 0.2) is 0 Å². The van der Waals surface area contributed by atoms with Crippen LogP contribution in [-0.2, 0) is 4.74 Å². The molecule has 0 bridgehead atoms. The van der Waals surface area contributed by atoms with E-state index in [-0.39, 0.29) is 10.8 Å². The van der Waals surface area contributed by atoms with E-state index in [0.717, 1.165) is 0 Å². The van der Waals surface area contributed by atoms with Crippen molar-refractivity contribution in [3.8, 4) is 5.75 Å². The molecule has 5 heteroatoms. The molecule has 88 valence electrons. The van der Waals surface area contributed by atoms with Crippen LogP contribution in [0.25, 0.3) is 0 Å². The van der Waals surface area contributed by atoms with E-state index in [9.17, 15) is 9.90 Å². The summed E-state index contributed by atoms with van der Waals surface area (Å²) in [5, 5.41) is 11.9. The minimum Gasteiger partial charge on any atom is -0.506 e. The van der Waals surface area contributed by atoms with Crippen LogP contribution in [0.2, 0.25) is 5.02 Å². The fourth-order valence-electron chi connectivity index (χ4n) is 1.03. The van der Waals surface area contributed by atoms with Crippen LogP contribution in [-0.4, -0.2) is 16.8 Å². The lowest BCUT2D eigenvalue weighted by Gasteiger charge is -2.20. The van der Waals surface area contributed by atoms with Gasteiger partial charge in [0.1, 0.15) is 16.4 Å². The van der Waals surface area contributed by atoms with Crippen LogP contribution in [0.4, 0.5) is 10.5 Å². The Morgan fingerprint density at radius 1 is 1.44 bits per heavy atom. The molecule has 16 heavy (non-hydrogen) atoms. The maximum atomic E-state index is 11.4. The van der Waals surface area contributed by atoms with Gasteiger partial charge in [0.2, 0.25) is 0 Å². The van der Waals surface area contributed by atoms with Crippen molar-refractivity contribution in [2.75, 3.05) is 5.32 Å². The van der Waals surface area contributed by atoms with Gasteiger partial charge in [0, 0.05) is 0 Å². The zero-order chi connectivity index (χ0) is 12.3. The third-order valence-corrected chi connectivity index (χ3v) is 2.01. The summed E-state index contributed by atoms with van der Waals surface area (Å²) < 4.78 is 5.05. The molecule has 1 amide bonds. The minimum atomic E-state index is -0.611. The van der Waals surface area contributed by atoms with Crippen LogP contribution in [0, 0.1) is 0 Å². The van der Waals surface area contributed by atoms with Gasteiger partial charge in [-0.05, 0) is 32.9 Å². The number of hydrogen-bond acceptors (Lipinski definition) is 3. The number of phenolic OH excluding ortho intramolecular Hbond substituents is 1. The van der Waals surface area contributed by atoms with E-state index in [1.165, 1.54) is 6.07 Å². The molecule has 0 saturated heterocycles. The Balaban J connectivity index is 2.74. The highest BCUT2D eigenvalue weighted by molar-refractivity contribution is 6.35. The molecule has 1 aromatic rings. The van der Waals surface area contributed by atoms with Gasteiger partial charge in [0.25, 0.3) is 0 Å². The average molecular weight is 244 g/mol. The fraction of sp³-hybridized carbons (Fsp3) is 0.364. The van der Waals surface area contributed by atoms with Gasteiger partial charge in [0.05, 0.1) is 5.69 Å². The molecule has 1 aromatic carbocycles. The van der Waals surface area contributed by atoms with Crippen molar-refractivity contribution in [1.82, 2.24) is 0 Å². The van der Waals surface area contributed by atoms with Gasteiger partial charge >= 0.3 is 6.09 Å². The first kappa shape index (κ1) is 12.6. The summed E-state index contributed by atoms with van der Waals surface area (Å²) in [5.41, 5.74) is -0.260. The number of hydrogen-bond donors (Lipinski definition) is 2. The third kappa shape index (κ3) is 3.62. The molecule has 4 nitrogen and oxygen atoms in total. The van der Waals surface area contributed by atoms with Crippen LogP contribution in [0.5, 0.6) is 5.75 Å². The van der Waals surface area contributed by atoms with Crippen molar-refractivity contribution in [3.05, 3.63) is 23.2 Å². The highest BCUT2D eigenvalue weighted by atomic mass is 35.5. The van der Waals surface area contributed by atoms with Gasteiger partial charge in [-0.25, -0.2) is 4.79 Å². The molecule has 0 aromatic heterocycles. The summed E-state index contributed by atoms with van der Waals surface area (Å²) >= 11 is 5.79. The number of benzene rings is 1. The molecular formula is C11H14ClNO3. The Hall–Kier alpha value is -1.42. The Morgan fingerprint density at radius 2 is 2.06 bits per heavy atom. The van der Waals surface area contributed by atoms with E-state index < -0.39 is 11.7 Å². The normalized spacial score (nSPS) is 11.0. The number of carbonyl (C=O) groups is 1. The van der Waals surface area contributed by atoms with Gasteiger partial charge in [-0.3, -0.25) is 5.32 Å². The number of carbonyl (C=O) groups excluding carboxylic acids is 1. The number of anilines is 1. The standard InChI is InChI=1S/C11H14ClNO3/c1-11(2,3)16-10(15)13-7-5-4-6-8(14)9(7)12/h4-6,14H,1-3H3,(H,13,15). The molecule has 0 spiro atoms. The van der Waals surface area contributed by atoms with Crippen molar-refractivity contribution in [2.45, 2.75) is 26.4 Å². The van der Waals surface area contributed by atoms with Gasteiger partial charge in [-0.1, -0.05) is 17.7 Å². The quantitative estimate of drug-likeness (QED) is 0.795. The molecule has 0 heterocycles. The molecule has 0 atom stereocenters. The summed E-state index contributed by atoms with van der Waals surface area (Å²) in [4.78, 5) is 11.4. The largest absolute Gasteiger partial charge is 0.506 e. The number of ether oxygens (including phenoxy) is 1. The molecule has 1 rings (SSSR count). The molecule has 0 aliphatic rings. The molecule has 0 aliphatic heterocycles. The Kier molecular flexibility index (Phi) is 3.65. The second-order valence-corrected chi connectivity index (χ2v) is 4.64.